The van der Waals surface area contributed by atoms with E-state index in [1.54, 1.807) is 0 Å². The van der Waals surface area contributed by atoms with Gasteiger partial charge < -0.3 is 10.0 Å². The number of carbonyl (C=O) groups excluding carboxylic acids is 2. The van der Waals surface area contributed by atoms with E-state index in [0.717, 1.165) is 32.9 Å². The monoisotopic (exact) mass is 568 g/mol. The topological polar surface area (TPSA) is 77.9 Å². The molecule has 0 saturated carbocycles. The predicted octanol–water partition coefficient (Wildman–Crippen LogP) is 5.20. The summed E-state index contributed by atoms with van der Waals surface area (Å²) in [6.07, 6.45) is -8.62. The van der Waals surface area contributed by atoms with Crippen molar-refractivity contribution in [3.63, 3.8) is 0 Å². The summed E-state index contributed by atoms with van der Waals surface area (Å²) < 4.78 is 79.0. The Balaban J connectivity index is 1.85. The lowest BCUT2D eigenvalue weighted by atomic mass is 10.0. The first-order valence-electron chi connectivity index (χ1n) is 9.66. The van der Waals surface area contributed by atoms with Crippen molar-refractivity contribution in [3.05, 3.63) is 50.6 Å². The number of benzene rings is 1. The van der Waals surface area contributed by atoms with Gasteiger partial charge in [0.25, 0.3) is 5.91 Å². The van der Waals surface area contributed by atoms with Crippen LogP contribution in [0.3, 0.4) is 0 Å². The lowest BCUT2D eigenvalue weighted by Crippen LogP contribution is -2.42. The lowest BCUT2D eigenvalue weighted by molar-refractivity contribution is -0.144. The lowest BCUT2D eigenvalue weighted by Gasteiger charge is -2.19. The van der Waals surface area contributed by atoms with E-state index in [1.165, 1.54) is 24.6 Å². The van der Waals surface area contributed by atoms with Crippen molar-refractivity contribution < 1.29 is 45.8 Å². The molecular weight excluding hydrogens is 554 g/mol. The highest BCUT2D eigenvalue weighted by atomic mass is 32.2. The van der Waals surface area contributed by atoms with Crippen LogP contribution in [0.25, 0.3) is 17.2 Å². The Morgan fingerprint density at radius 2 is 1.64 bits per heavy atom. The van der Waals surface area contributed by atoms with Crippen LogP contribution in [0.4, 0.5) is 26.3 Å². The fourth-order valence-corrected chi connectivity index (χ4v) is 5.18. The van der Waals surface area contributed by atoms with E-state index < -0.39 is 54.4 Å². The average molecular weight is 569 g/mol. The van der Waals surface area contributed by atoms with Crippen molar-refractivity contribution in [1.29, 1.82) is 0 Å². The second kappa shape index (κ2) is 10.2. The molecule has 15 heteroatoms. The quantitative estimate of drug-likeness (QED) is 0.294. The predicted molar refractivity (Wildman–Crippen MR) is 125 cm³/mol. The highest BCUT2D eigenvalue weighted by Crippen LogP contribution is 2.40. The number of rotatable bonds is 6. The molecule has 2 aromatic rings. The van der Waals surface area contributed by atoms with Crippen LogP contribution < -0.4 is 0 Å². The molecule has 3 rings (SSSR count). The van der Waals surface area contributed by atoms with Gasteiger partial charge in [0, 0.05) is 11.9 Å². The van der Waals surface area contributed by atoms with Crippen molar-refractivity contribution in [2.24, 2.45) is 0 Å². The van der Waals surface area contributed by atoms with E-state index in [9.17, 15) is 40.7 Å². The van der Waals surface area contributed by atoms with Gasteiger partial charge in [-0.2, -0.15) is 26.3 Å². The van der Waals surface area contributed by atoms with E-state index >= 15 is 0 Å². The minimum Gasteiger partial charge on any atom is -0.480 e. The standard InChI is InChI=1S/C21H14F6N2O4S3/c1-28(8-17(31)32)16(30)7-29-18(33)15(36-19(29)34)6-14-4-11(9-35-14)10-2-12(20(22,23)24)5-13(3-10)21(25,26)27/h2-6,9H,7-8H2,1H3,(H,31,32)/b15-6-. The molecule has 0 spiro atoms. The third-order valence-electron chi connectivity index (χ3n) is 4.78. The van der Waals surface area contributed by atoms with Crippen LogP contribution in [0.15, 0.2) is 34.6 Å². The Labute approximate surface area is 213 Å². The molecule has 1 aliphatic heterocycles. The fraction of sp³-hybridized carbons (Fsp3) is 0.238. The van der Waals surface area contributed by atoms with Crippen LogP contribution in [0, 0.1) is 0 Å². The van der Waals surface area contributed by atoms with Gasteiger partial charge in [-0.05, 0) is 46.8 Å². The van der Waals surface area contributed by atoms with Crippen LogP contribution in [-0.2, 0) is 26.7 Å². The van der Waals surface area contributed by atoms with Gasteiger partial charge >= 0.3 is 18.3 Å². The van der Waals surface area contributed by atoms with E-state index in [1.807, 2.05) is 0 Å². The maximum atomic E-state index is 13.2. The van der Waals surface area contributed by atoms with Crippen molar-refractivity contribution in [1.82, 2.24) is 9.80 Å². The first-order chi connectivity index (χ1) is 16.6. The van der Waals surface area contributed by atoms with Crippen LogP contribution in [0.5, 0.6) is 0 Å². The van der Waals surface area contributed by atoms with Gasteiger partial charge in [-0.1, -0.05) is 24.0 Å². The molecule has 2 heterocycles. The Morgan fingerprint density at radius 1 is 1.06 bits per heavy atom. The molecule has 192 valence electrons. The number of likely N-dealkylation sites (N-methyl/N-ethyl adjacent to an activating group) is 1. The molecule has 36 heavy (non-hydrogen) atoms. The number of halogens is 6. The van der Waals surface area contributed by atoms with Gasteiger partial charge in [0.15, 0.2) is 0 Å². The molecule has 0 radical (unpaired) electrons. The normalized spacial score (nSPS) is 15.6. The van der Waals surface area contributed by atoms with Gasteiger partial charge in [-0.25, -0.2) is 0 Å². The molecule has 1 saturated heterocycles. The van der Waals surface area contributed by atoms with Gasteiger partial charge in [0.05, 0.1) is 16.0 Å². The fourth-order valence-electron chi connectivity index (χ4n) is 3.01. The van der Waals surface area contributed by atoms with Crippen LogP contribution in [0.1, 0.15) is 16.0 Å². The second-order valence-corrected chi connectivity index (χ2v) is 10.1. The van der Waals surface area contributed by atoms with E-state index in [2.05, 4.69) is 0 Å². The molecule has 1 aliphatic rings. The van der Waals surface area contributed by atoms with Crippen LogP contribution in [-0.4, -0.2) is 57.1 Å². The molecule has 0 unspecified atom stereocenters. The molecule has 1 aromatic carbocycles. The summed E-state index contributed by atoms with van der Waals surface area (Å²) in [6, 6.07) is 2.59. The first-order valence-corrected chi connectivity index (χ1v) is 11.8. The summed E-state index contributed by atoms with van der Waals surface area (Å²) >= 11 is 6.95. The number of thiophene rings is 1. The number of hydrogen-bond donors (Lipinski definition) is 1. The minimum absolute atomic E-state index is 0.0350. The number of nitrogens with zero attached hydrogens (tertiary/aromatic N) is 2. The summed E-state index contributed by atoms with van der Waals surface area (Å²) in [5.41, 5.74) is -3.10. The number of carboxylic acid groups (broad SMARTS) is 1. The minimum atomic E-state index is -4.99. The molecular formula is C21H14F6N2O4S3. The molecule has 1 aromatic heterocycles. The Kier molecular flexibility index (Phi) is 7.86. The average Bonchev–Trinajstić information content (AvgIpc) is 3.32. The zero-order chi connectivity index (χ0) is 27.0. The highest BCUT2D eigenvalue weighted by Gasteiger charge is 2.37. The maximum absolute atomic E-state index is 13.2. The Morgan fingerprint density at radius 3 is 2.17 bits per heavy atom. The number of carbonyl (C=O) groups is 3. The first kappa shape index (κ1) is 27.7. The van der Waals surface area contributed by atoms with Crippen molar-refractivity contribution in [2.45, 2.75) is 12.4 Å². The number of aliphatic carboxylic acids is 1. The third kappa shape index (κ3) is 6.44. The summed E-state index contributed by atoms with van der Waals surface area (Å²) in [7, 11) is 1.25. The van der Waals surface area contributed by atoms with Crippen LogP contribution >= 0.6 is 35.3 Å². The van der Waals surface area contributed by atoms with Crippen molar-refractivity contribution >= 4 is 63.5 Å². The SMILES string of the molecule is CN(CC(=O)O)C(=O)CN1C(=O)/C(=C/c2cc(-c3cc(C(F)(F)F)cc(C(F)(F)F)c3)cs2)SC1=S. The number of amides is 2. The van der Waals surface area contributed by atoms with E-state index in [0.29, 0.717) is 17.0 Å². The molecule has 1 fully saturated rings. The zero-order valence-electron chi connectivity index (χ0n) is 17.9. The van der Waals surface area contributed by atoms with Gasteiger partial charge in [0.2, 0.25) is 5.91 Å². The van der Waals surface area contributed by atoms with Gasteiger partial charge in [-0.15, -0.1) is 11.3 Å². The number of alkyl halides is 6. The zero-order valence-corrected chi connectivity index (χ0v) is 20.4. The van der Waals surface area contributed by atoms with Crippen LogP contribution in [0.2, 0.25) is 0 Å². The smallest absolute Gasteiger partial charge is 0.416 e. The number of hydrogen-bond acceptors (Lipinski definition) is 6. The highest BCUT2D eigenvalue weighted by molar-refractivity contribution is 8.26. The summed E-state index contributed by atoms with van der Waals surface area (Å²) in [6.45, 7) is -1.07. The van der Waals surface area contributed by atoms with Crippen molar-refractivity contribution in [2.75, 3.05) is 20.1 Å². The maximum Gasteiger partial charge on any atom is 0.416 e. The largest absolute Gasteiger partial charge is 0.480 e. The van der Waals surface area contributed by atoms with E-state index in [-0.39, 0.29) is 26.4 Å². The summed E-state index contributed by atoms with van der Waals surface area (Å²) in [5.74, 6) is -2.55. The van der Waals surface area contributed by atoms with Crippen molar-refractivity contribution in [3.8, 4) is 11.1 Å². The molecule has 1 N–H and O–H groups in total. The Hall–Kier alpha value is -2.91. The molecule has 0 aliphatic carbocycles. The number of thiocarbonyl (C=S) groups is 1. The molecule has 2 amide bonds. The molecule has 6 nitrogen and oxygen atoms in total. The summed E-state index contributed by atoms with van der Waals surface area (Å²) in [4.78, 5) is 37.9. The number of thioether (sulfide) groups is 1. The van der Waals surface area contributed by atoms with E-state index in [4.69, 9.17) is 17.3 Å². The molecule has 0 atom stereocenters. The van der Waals surface area contributed by atoms with Gasteiger partial charge in [-0.3, -0.25) is 19.3 Å². The number of carboxylic acids is 1. The summed E-state index contributed by atoms with van der Waals surface area (Å²) in [5, 5.41) is 10.1. The Bertz CT molecular complexity index is 1240. The third-order valence-corrected chi connectivity index (χ3v) is 7.04. The molecule has 0 bridgehead atoms. The second-order valence-electron chi connectivity index (χ2n) is 7.44. The van der Waals surface area contributed by atoms with Gasteiger partial charge in [0.1, 0.15) is 17.4 Å².